The van der Waals surface area contributed by atoms with Crippen LogP contribution in [-0.4, -0.2) is 30.9 Å². The van der Waals surface area contributed by atoms with Crippen molar-refractivity contribution < 1.29 is 14.4 Å². The molecule has 0 aromatic heterocycles. The minimum atomic E-state index is -0.416. The number of hydrogen-bond acceptors (Lipinski definition) is 6. The molecule has 0 unspecified atom stereocenters. The topological polar surface area (TPSA) is 86.0 Å². The number of fused-ring (bicyclic) bond motifs is 1. The Labute approximate surface area is 145 Å². The van der Waals surface area contributed by atoms with Crippen molar-refractivity contribution in [2.24, 2.45) is 5.10 Å². The lowest BCUT2D eigenvalue weighted by Gasteiger charge is -2.15. The predicted molar refractivity (Wildman–Crippen MR) is 94.6 cm³/mol. The molecular weight excluding hydrogens is 322 g/mol. The van der Waals surface area contributed by atoms with Crippen LogP contribution in [0.3, 0.4) is 0 Å². The fourth-order valence-electron chi connectivity index (χ4n) is 2.88. The highest BCUT2D eigenvalue weighted by molar-refractivity contribution is 6.14. The second kappa shape index (κ2) is 6.80. The van der Waals surface area contributed by atoms with Crippen molar-refractivity contribution in [2.45, 2.75) is 19.4 Å². The molecule has 2 aromatic rings. The summed E-state index contributed by atoms with van der Waals surface area (Å²) in [6, 6.07) is 10.4. The first kappa shape index (κ1) is 16.8. The van der Waals surface area contributed by atoms with Crippen LogP contribution in [-0.2, 0) is 6.42 Å². The van der Waals surface area contributed by atoms with Crippen LogP contribution in [0.15, 0.2) is 41.5 Å². The van der Waals surface area contributed by atoms with Crippen LogP contribution in [0.2, 0.25) is 0 Å². The van der Waals surface area contributed by atoms with E-state index in [1.807, 2.05) is 19.1 Å². The maximum atomic E-state index is 10.9. The Morgan fingerprint density at radius 2 is 1.80 bits per heavy atom. The zero-order valence-corrected chi connectivity index (χ0v) is 14.3. The van der Waals surface area contributed by atoms with Crippen molar-refractivity contribution >= 4 is 11.4 Å². The molecule has 0 spiro atoms. The van der Waals surface area contributed by atoms with Crippen molar-refractivity contribution in [3.63, 3.8) is 0 Å². The van der Waals surface area contributed by atoms with Gasteiger partial charge in [0, 0.05) is 29.3 Å². The van der Waals surface area contributed by atoms with Crippen LogP contribution in [0.4, 0.5) is 5.69 Å². The normalized spacial score (nSPS) is 16.1. The number of hydrazone groups is 1. The summed E-state index contributed by atoms with van der Waals surface area (Å²) in [7, 11) is 3.19. The van der Waals surface area contributed by atoms with E-state index in [0.717, 1.165) is 28.8 Å². The van der Waals surface area contributed by atoms with Crippen LogP contribution in [0.25, 0.3) is 0 Å². The van der Waals surface area contributed by atoms with E-state index in [0.29, 0.717) is 11.5 Å². The van der Waals surface area contributed by atoms with Crippen LogP contribution in [0.1, 0.15) is 23.6 Å². The van der Waals surface area contributed by atoms with Crippen LogP contribution in [0.5, 0.6) is 11.5 Å². The second-order valence-electron chi connectivity index (χ2n) is 5.86. The molecule has 1 aliphatic heterocycles. The maximum Gasteiger partial charge on any atom is 0.269 e. The second-order valence-corrected chi connectivity index (χ2v) is 5.86. The summed E-state index contributed by atoms with van der Waals surface area (Å²) in [5.41, 5.74) is 6.68. The first-order valence-corrected chi connectivity index (χ1v) is 7.86. The molecule has 0 fully saturated rings. The molecule has 25 heavy (non-hydrogen) atoms. The molecule has 0 saturated heterocycles. The first-order valence-electron chi connectivity index (χ1n) is 7.86. The van der Waals surface area contributed by atoms with Crippen molar-refractivity contribution in [1.29, 1.82) is 0 Å². The zero-order valence-electron chi connectivity index (χ0n) is 14.3. The molecule has 3 rings (SSSR count). The molecule has 0 amide bonds. The number of hydrogen-bond donors (Lipinski definition) is 1. The number of ether oxygens (including phenoxy) is 2. The summed E-state index contributed by atoms with van der Waals surface area (Å²) in [6.45, 7) is 2.04. The average Bonchev–Trinajstić information content (AvgIpc) is 2.78. The van der Waals surface area contributed by atoms with Crippen LogP contribution >= 0.6 is 0 Å². The number of nitrogens with zero attached hydrogens (tertiary/aromatic N) is 2. The van der Waals surface area contributed by atoms with Gasteiger partial charge in [0.25, 0.3) is 5.69 Å². The molecule has 1 heterocycles. The molecule has 1 atom stereocenters. The largest absolute Gasteiger partial charge is 0.493 e. The van der Waals surface area contributed by atoms with Gasteiger partial charge in [0.15, 0.2) is 11.5 Å². The van der Waals surface area contributed by atoms with E-state index in [-0.39, 0.29) is 11.7 Å². The lowest BCUT2D eigenvalue weighted by atomic mass is 9.94. The summed E-state index contributed by atoms with van der Waals surface area (Å²) in [5, 5.41) is 15.4. The van der Waals surface area contributed by atoms with Gasteiger partial charge in [0.2, 0.25) is 0 Å². The Morgan fingerprint density at radius 1 is 1.16 bits per heavy atom. The van der Waals surface area contributed by atoms with Gasteiger partial charge < -0.3 is 14.9 Å². The minimum absolute atomic E-state index is 0.0480. The van der Waals surface area contributed by atoms with Gasteiger partial charge in [-0.15, -0.1) is 0 Å². The fraction of sp³-hybridized carbons (Fsp3) is 0.278. The van der Waals surface area contributed by atoms with E-state index >= 15 is 0 Å². The molecule has 0 radical (unpaired) electrons. The third-order valence-corrected chi connectivity index (χ3v) is 4.14. The lowest BCUT2D eigenvalue weighted by Crippen LogP contribution is -2.21. The smallest absolute Gasteiger partial charge is 0.269 e. The van der Waals surface area contributed by atoms with Gasteiger partial charge in [-0.1, -0.05) is 0 Å². The van der Waals surface area contributed by atoms with E-state index in [2.05, 4.69) is 10.5 Å². The van der Waals surface area contributed by atoms with Crippen molar-refractivity contribution in [1.82, 2.24) is 5.43 Å². The monoisotopic (exact) mass is 341 g/mol. The molecular formula is C18H19N3O4. The molecule has 130 valence electrons. The SMILES string of the molecule is COc1cc2c(cc1OC)C(c1ccc([N+](=O)[O-])cc1)=NN[C@H](C)C2. The standard InChI is InChI=1S/C18H19N3O4/c1-11-8-13-9-16(24-2)17(25-3)10-15(13)18(20-19-11)12-4-6-14(7-5-12)21(22)23/h4-7,9-11,19H,8H2,1-3H3/t11-/m1/s1. The predicted octanol–water partition coefficient (Wildman–Crippen LogP) is 2.90. The molecule has 2 aromatic carbocycles. The third kappa shape index (κ3) is 3.26. The van der Waals surface area contributed by atoms with Crippen LogP contribution < -0.4 is 14.9 Å². The number of methoxy groups -OCH3 is 2. The molecule has 1 N–H and O–H groups in total. The number of non-ortho nitro benzene ring substituents is 1. The van der Waals surface area contributed by atoms with Gasteiger partial charge >= 0.3 is 0 Å². The van der Waals surface area contributed by atoms with Gasteiger partial charge in [0.05, 0.1) is 24.9 Å². The van der Waals surface area contributed by atoms with E-state index < -0.39 is 4.92 Å². The molecule has 7 heteroatoms. The molecule has 1 aliphatic rings. The van der Waals surface area contributed by atoms with E-state index in [1.54, 1.807) is 26.4 Å². The highest BCUT2D eigenvalue weighted by Crippen LogP contribution is 2.33. The van der Waals surface area contributed by atoms with Gasteiger partial charge in [-0.05, 0) is 43.2 Å². The molecule has 0 saturated carbocycles. The minimum Gasteiger partial charge on any atom is -0.493 e. The van der Waals surface area contributed by atoms with E-state index in [4.69, 9.17) is 9.47 Å². The number of nitrogens with one attached hydrogen (secondary N) is 1. The summed E-state index contributed by atoms with van der Waals surface area (Å²) in [6.07, 6.45) is 0.773. The van der Waals surface area contributed by atoms with Gasteiger partial charge in [0.1, 0.15) is 0 Å². The van der Waals surface area contributed by atoms with Crippen LogP contribution in [0, 0.1) is 10.1 Å². The summed E-state index contributed by atoms with van der Waals surface area (Å²) < 4.78 is 10.8. The first-order chi connectivity index (χ1) is 12.0. The van der Waals surface area contributed by atoms with Gasteiger partial charge in [-0.3, -0.25) is 10.1 Å². The summed E-state index contributed by atoms with van der Waals surface area (Å²) in [5.74, 6) is 1.28. The van der Waals surface area contributed by atoms with E-state index in [9.17, 15) is 10.1 Å². The number of rotatable bonds is 4. The van der Waals surface area contributed by atoms with E-state index in [1.165, 1.54) is 12.1 Å². The highest BCUT2D eigenvalue weighted by Gasteiger charge is 2.21. The quantitative estimate of drug-likeness (QED) is 0.682. The van der Waals surface area contributed by atoms with Gasteiger partial charge in [-0.25, -0.2) is 0 Å². The Balaban J connectivity index is 2.13. The maximum absolute atomic E-state index is 10.9. The zero-order chi connectivity index (χ0) is 18.0. The lowest BCUT2D eigenvalue weighted by molar-refractivity contribution is -0.384. The average molecular weight is 341 g/mol. The fourth-order valence-corrected chi connectivity index (χ4v) is 2.88. The van der Waals surface area contributed by atoms with Crippen molar-refractivity contribution in [3.05, 3.63) is 63.2 Å². The Kier molecular flexibility index (Phi) is 4.56. The van der Waals surface area contributed by atoms with Crippen molar-refractivity contribution in [2.75, 3.05) is 14.2 Å². The molecule has 0 bridgehead atoms. The molecule has 0 aliphatic carbocycles. The summed E-state index contributed by atoms with van der Waals surface area (Å²) >= 11 is 0. The Morgan fingerprint density at radius 3 is 2.40 bits per heavy atom. The Bertz CT molecular complexity index is 831. The molecule has 7 nitrogen and oxygen atoms in total. The number of nitro benzene ring substituents is 1. The van der Waals surface area contributed by atoms with Gasteiger partial charge in [-0.2, -0.15) is 5.10 Å². The Hall–Kier alpha value is -3.09. The number of nitro groups is 1. The van der Waals surface area contributed by atoms with Crippen molar-refractivity contribution in [3.8, 4) is 11.5 Å². The highest BCUT2D eigenvalue weighted by atomic mass is 16.6. The summed E-state index contributed by atoms with van der Waals surface area (Å²) in [4.78, 5) is 10.5. The third-order valence-electron chi connectivity index (χ3n) is 4.14. The number of benzene rings is 2.